The Hall–Kier alpha value is -0.930. The molecule has 2 saturated carbocycles. The van der Waals surface area contributed by atoms with Crippen LogP contribution in [0.3, 0.4) is 0 Å². The van der Waals surface area contributed by atoms with Crippen molar-refractivity contribution in [2.24, 2.45) is 22.7 Å². The lowest BCUT2D eigenvalue weighted by Crippen LogP contribution is -2.49. The molecular formula is C24H40O3. The van der Waals surface area contributed by atoms with Crippen LogP contribution in [0.4, 0.5) is 0 Å². The lowest BCUT2D eigenvalue weighted by molar-refractivity contribution is -0.136. The minimum Gasteiger partial charge on any atom is -0.353 e. The van der Waals surface area contributed by atoms with Crippen LogP contribution >= 0.6 is 0 Å². The average molecular weight is 377 g/mol. The first-order valence-corrected chi connectivity index (χ1v) is 10.8. The van der Waals surface area contributed by atoms with Crippen molar-refractivity contribution in [3.05, 3.63) is 23.8 Å². The Morgan fingerprint density at radius 1 is 1.22 bits per heavy atom. The third-order valence-corrected chi connectivity index (χ3v) is 7.19. The van der Waals surface area contributed by atoms with E-state index in [1.165, 1.54) is 31.3 Å². The molecule has 27 heavy (non-hydrogen) atoms. The Labute approximate surface area is 166 Å². The molecule has 0 amide bonds. The maximum absolute atomic E-state index is 11.7. The Morgan fingerprint density at radius 3 is 2.48 bits per heavy atom. The quantitative estimate of drug-likeness (QED) is 0.211. The number of aldehydes is 1. The van der Waals surface area contributed by atoms with E-state index in [9.17, 15) is 4.79 Å². The third-order valence-electron chi connectivity index (χ3n) is 7.19. The number of hydrogen-bond acceptors (Lipinski definition) is 3. The molecule has 2 aliphatic rings. The minimum atomic E-state index is -0.331. The van der Waals surface area contributed by atoms with Crippen LogP contribution in [-0.2, 0) is 14.3 Å². The summed E-state index contributed by atoms with van der Waals surface area (Å²) in [5, 5.41) is 0. The van der Waals surface area contributed by atoms with Crippen LogP contribution < -0.4 is 0 Å². The molecule has 3 nitrogen and oxygen atoms in total. The largest absolute Gasteiger partial charge is 0.353 e. The molecule has 0 aromatic rings. The van der Waals surface area contributed by atoms with Crippen molar-refractivity contribution in [2.45, 2.75) is 85.9 Å². The zero-order valence-electron chi connectivity index (χ0n) is 18.2. The molecule has 0 unspecified atom stereocenters. The fourth-order valence-corrected chi connectivity index (χ4v) is 5.89. The summed E-state index contributed by atoms with van der Waals surface area (Å²) in [4.78, 5) is 11.7. The van der Waals surface area contributed by atoms with Crippen molar-refractivity contribution in [1.82, 2.24) is 0 Å². The van der Waals surface area contributed by atoms with Crippen LogP contribution in [-0.4, -0.2) is 25.8 Å². The van der Waals surface area contributed by atoms with Crippen LogP contribution in [0.2, 0.25) is 0 Å². The second-order valence-electron chi connectivity index (χ2n) is 9.33. The first kappa shape index (κ1) is 22.4. The molecule has 2 aliphatic carbocycles. The smallest absolute Gasteiger partial charge is 0.161 e. The maximum atomic E-state index is 11.7. The monoisotopic (exact) mass is 376 g/mol. The van der Waals surface area contributed by atoms with Gasteiger partial charge in [0.15, 0.2) is 6.29 Å². The first-order chi connectivity index (χ1) is 12.8. The first-order valence-electron chi connectivity index (χ1n) is 10.8. The molecule has 2 fully saturated rings. The third kappa shape index (κ3) is 5.12. The molecule has 2 rings (SSSR count). The van der Waals surface area contributed by atoms with Gasteiger partial charge < -0.3 is 9.47 Å². The van der Waals surface area contributed by atoms with Crippen LogP contribution in [0.1, 0.15) is 79.6 Å². The molecule has 0 bridgehead atoms. The van der Waals surface area contributed by atoms with Crippen LogP contribution in [0, 0.1) is 22.7 Å². The van der Waals surface area contributed by atoms with Gasteiger partial charge in [-0.05, 0) is 74.2 Å². The fraction of sp³-hybridized carbons (Fsp3) is 0.792. The lowest BCUT2D eigenvalue weighted by atomic mass is 9.47. The standard InChI is InChI=1S/C24H40O3/c1-7-26-22(27-8-2)16-19(17-25)11-12-20-18(3)10-13-21-23(4,5)14-9-15-24(20,21)6/h11,17,20-22H,3,7-10,12-16H2,1-2,4-6H3/b19-11-/t20-,21+,24+/m0/s1. The summed E-state index contributed by atoms with van der Waals surface area (Å²) in [6.07, 6.45) is 10.5. The topological polar surface area (TPSA) is 35.5 Å². The van der Waals surface area contributed by atoms with Crippen molar-refractivity contribution in [2.75, 3.05) is 13.2 Å². The van der Waals surface area contributed by atoms with E-state index in [-0.39, 0.29) is 6.29 Å². The summed E-state index contributed by atoms with van der Waals surface area (Å²) in [6.45, 7) is 16.9. The average Bonchev–Trinajstić information content (AvgIpc) is 2.59. The second kappa shape index (κ2) is 9.52. The van der Waals surface area contributed by atoms with Crippen molar-refractivity contribution < 1.29 is 14.3 Å². The summed E-state index contributed by atoms with van der Waals surface area (Å²) >= 11 is 0. The van der Waals surface area contributed by atoms with E-state index in [4.69, 9.17) is 9.47 Å². The van der Waals surface area contributed by atoms with Gasteiger partial charge in [0, 0.05) is 19.6 Å². The number of carbonyl (C=O) groups is 1. The van der Waals surface area contributed by atoms with E-state index in [1.807, 2.05) is 13.8 Å². The van der Waals surface area contributed by atoms with E-state index in [0.717, 1.165) is 30.6 Å². The molecule has 0 aromatic heterocycles. The summed E-state index contributed by atoms with van der Waals surface area (Å²) in [5.74, 6) is 1.20. The lowest BCUT2D eigenvalue weighted by Gasteiger charge is -2.58. The molecule has 0 saturated heterocycles. The zero-order chi connectivity index (χ0) is 20.1. The summed E-state index contributed by atoms with van der Waals surface area (Å²) in [5.41, 5.74) is 2.86. The Kier molecular flexibility index (Phi) is 7.88. The zero-order valence-corrected chi connectivity index (χ0v) is 18.2. The predicted molar refractivity (Wildman–Crippen MR) is 112 cm³/mol. The number of allylic oxidation sites excluding steroid dienone is 2. The summed E-state index contributed by atoms with van der Waals surface area (Å²) < 4.78 is 11.2. The van der Waals surface area contributed by atoms with Gasteiger partial charge in [-0.15, -0.1) is 0 Å². The van der Waals surface area contributed by atoms with Gasteiger partial charge in [0.1, 0.15) is 6.29 Å². The number of fused-ring (bicyclic) bond motifs is 1. The Balaban J connectivity index is 2.15. The number of ether oxygens (including phenoxy) is 2. The molecule has 0 aliphatic heterocycles. The van der Waals surface area contributed by atoms with Gasteiger partial charge >= 0.3 is 0 Å². The van der Waals surface area contributed by atoms with Crippen LogP contribution in [0.5, 0.6) is 0 Å². The van der Waals surface area contributed by atoms with Crippen LogP contribution in [0.25, 0.3) is 0 Å². The highest BCUT2D eigenvalue weighted by Gasteiger charge is 2.52. The fourth-order valence-electron chi connectivity index (χ4n) is 5.89. The molecule has 3 atom stereocenters. The maximum Gasteiger partial charge on any atom is 0.161 e. The molecule has 3 heteroatoms. The number of rotatable bonds is 9. The minimum absolute atomic E-state index is 0.292. The Bertz CT molecular complexity index is 542. The number of hydrogen-bond donors (Lipinski definition) is 0. The molecule has 0 spiro atoms. The summed E-state index contributed by atoms with van der Waals surface area (Å²) in [7, 11) is 0. The molecule has 154 valence electrons. The van der Waals surface area contributed by atoms with Gasteiger partial charge in [0.05, 0.1) is 0 Å². The molecule has 0 aromatic carbocycles. The van der Waals surface area contributed by atoms with Gasteiger partial charge in [-0.3, -0.25) is 4.79 Å². The highest BCUT2D eigenvalue weighted by Crippen LogP contribution is 2.61. The summed E-state index contributed by atoms with van der Waals surface area (Å²) in [6, 6.07) is 0. The number of carbonyl (C=O) groups excluding carboxylic acids is 1. The second-order valence-corrected chi connectivity index (χ2v) is 9.33. The van der Waals surface area contributed by atoms with Crippen molar-refractivity contribution in [3.63, 3.8) is 0 Å². The van der Waals surface area contributed by atoms with Gasteiger partial charge in [0.2, 0.25) is 0 Å². The molecule has 0 radical (unpaired) electrons. The van der Waals surface area contributed by atoms with Gasteiger partial charge in [0.25, 0.3) is 0 Å². The highest BCUT2D eigenvalue weighted by atomic mass is 16.7. The van der Waals surface area contributed by atoms with E-state index >= 15 is 0 Å². The van der Waals surface area contributed by atoms with Gasteiger partial charge in [-0.1, -0.05) is 45.4 Å². The molecular weight excluding hydrogens is 336 g/mol. The molecule has 0 N–H and O–H groups in total. The van der Waals surface area contributed by atoms with Crippen molar-refractivity contribution >= 4 is 6.29 Å². The van der Waals surface area contributed by atoms with Crippen LogP contribution in [0.15, 0.2) is 23.8 Å². The van der Waals surface area contributed by atoms with Crippen molar-refractivity contribution in [3.8, 4) is 0 Å². The predicted octanol–water partition coefficient (Wildman–Crippen LogP) is 6.09. The van der Waals surface area contributed by atoms with E-state index in [1.54, 1.807) is 0 Å². The highest BCUT2D eigenvalue weighted by molar-refractivity contribution is 5.73. The van der Waals surface area contributed by atoms with E-state index in [0.29, 0.717) is 36.4 Å². The van der Waals surface area contributed by atoms with Gasteiger partial charge in [-0.25, -0.2) is 0 Å². The SMILES string of the molecule is C=C1CC[C@@H]2C(C)(C)CCC[C@]2(C)[C@H]1C/C=C(\C=O)CC(OCC)OCC. The molecule has 0 heterocycles. The van der Waals surface area contributed by atoms with Gasteiger partial charge in [-0.2, -0.15) is 0 Å². The van der Waals surface area contributed by atoms with Crippen molar-refractivity contribution in [1.29, 1.82) is 0 Å². The van der Waals surface area contributed by atoms with E-state index < -0.39 is 0 Å². The van der Waals surface area contributed by atoms with E-state index in [2.05, 4.69) is 33.4 Å². The Morgan fingerprint density at radius 2 is 1.89 bits per heavy atom. The normalized spacial score (nSPS) is 31.0.